The van der Waals surface area contributed by atoms with Gasteiger partial charge in [-0.3, -0.25) is 9.78 Å². The highest BCUT2D eigenvalue weighted by Crippen LogP contribution is 2.10. The number of hydrogen-bond acceptors (Lipinski definition) is 6. The standard InChI is InChI=1S/C12H14N4O3/c1-9-3-4-11(5-13-9)19-8-10-6-16(15-14-10)7-12(17)18-2/h3-6H,7-8H2,1-2H3. The Hall–Kier alpha value is -2.44. The van der Waals surface area contributed by atoms with Gasteiger partial charge in [-0.1, -0.05) is 5.21 Å². The van der Waals surface area contributed by atoms with Gasteiger partial charge in [0.25, 0.3) is 0 Å². The second-order valence-electron chi connectivity index (χ2n) is 3.91. The summed E-state index contributed by atoms with van der Waals surface area (Å²) in [7, 11) is 1.33. The molecule has 100 valence electrons. The monoisotopic (exact) mass is 262 g/mol. The van der Waals surface area contributed by atoms with E-state index in [1.54, 1.807) is 12.4 Å². The molecule has 2 aromatic rings. The van der Waals surface area contributed by atoms with E-state index in [-0.39, 0.29) is 19.1 Å². The average Bonchev–Trinajstić information content (AvgIpc) is 2.85. The highest BCUT2D eigenvalue weighted by Gasteiger charge is 2.06. The molecule has 0 aliphatic heterocycles. The minimum absolute atomic E-state index is 0.0373. The maximum Gasteiger partial charge on any atom is 0.327 e. The van der Waals surface area contributed by atoms with Crippen LogP contribution < -0.4 is 4.74 Å². The molecule has 0 aromatic carbocycles. The van der Waals surface area contributed by atoms with E-state index in [4.69, 9.17) is 4.74 Å². The SMILES string of the molecule is COC(=O)Cn1cc(COc2ccc(C)nc2)nn1. The normalized spacial score (nSPS) is 10.2. The van der Waals surface area contributed by atoms with E-state index >= 15 is 0 Å². The molecule has 7 heteroatoms. The lowest BCUT2D eigenvalue weighted by Crippen LogP contribution is -2.11. The molecule has 2 heterocycles. The Morgan fingerprint density at radius 2 is 2.26 bits per heavy atom. The summed E-state index contributed by atoms with van der Waals surface area (Å²) in [4.78, 5) is 15.2. The maximum absolute atomic E-state index is 11.1. The van der Waals surface area contributed by atoms with E-state index in [0.29, 0.717) is 11.4 Å². The summed E-state index contributed by atoms with van der Waals surface area (Å²) in [5, 5.41) is 7.70. The van der Waals surface area contributed by atoms with Gasteiger partial charge in [-0.25, -0.2) is 4.68 Å². The quantitative estimate of drug-likeness (QED) is 0.739. The Morgan fingerprint density at radius 1 is 1.42 bits per heavy atom. The minimum atomic E-state index is -0.375. The molecule has 0 spiro atoms. The number of aromatic nitrogens is 4. The maximum atomic E-state index is 11.1. The lowest BCUT2D eigenvalue weighted by Gasteiger charge is -2.02. The van der Waals surface area contributed by atoms with E-state index in [2.05, 4.69) is 20.0 Å². The highest BCUT2D eigenvalue weighted by molar-refractivity contribution is 5.68. The molecule has 0 radical (unpaired) electrons. The van der Waals surface area contributed by atoms with Crippen molar-refractivity contribution in [2.24, 2.45) is 0 Å². The topological polar surface area (TPSA) is 79.1 Å². The molecular weight excluding hydrogens is 248 g/mol. The molecule has 19 heavy (non-hydrogen) atoms. The van der Waals surface area contributed by atoms with Crippen LogP contribution in [0.5, 0.6) is 5.75 Å². The van der Waals surface area contributed by atoms with Crippen molar-refractivity contribution in [2.45, 2.75) is 20.1 Å². The van der Waals surface area contributed by atoms with Gasteiger partial charge < -0.3 is 9.47 Å². The summed E-state index contributed by atoms with van der Waals surface area (Å²) < 4.78 is 11.4. The minimum Gasteiger partial charge on any atom is -0.486 e. The fourth-order valence-electron chi connectivity index (χ4n) is 1.38. The molecule has 0 saturated heterocycles. The number of hydrogen-bond donors (Lipinski definition) is 0. The van der Waals surface area contributed by atoms with E-state index < -0.39 is 0 Å². The third kappa shape index (κ3) is 3.77. The van der Waals surface area contributed by atoms with Gasteiger partial charge in [-0.2, -0.15) is 0 Å². The zero-order chi connectivity index (χ0) is 13.7. The highest BCUT2D eigenvalue weighted by atomic mass is 16.5. The predicted octanol–water partition coefficient (Wildman–Crippen LogP) is 0.734. The van der Waals surface area contributed by atoms with Crippen molar-refractivity contribution in [3.8, 4) is 5.75 Å². The van der Waals surface area contributed by atoms with E-state index in [1.165, 1.54) is 11.8 Å². The van der Waals surface area contributed by atoms with Crippen molar-refractivity contribution >= 4 is 5.97 Å². The summed E-state index contributed by atoms with van der Waals surface area (Å²) in [6, 6.07) is 3.70. The number of esters is 1. The number of ether oxygens (including phenoxy) is 2. The second kappa shape index (κ2) is 5.94. The number of pyridine rings is 1. The number of rotatable bonds is 5. The summed E-state index contributed by atoms with van der Waals surface area (Å²) in [5.74, 6) is 0.285. The van der Waals surface area contributed by atoms with Crippen LogP contribution in [0.3, 0.4) is 0 Å². The van der Waals surface area contributed by atoms with Crippen molar-refractivity contribution in [1.29, 1.82) is 0 Å². The third-order valence-corrected chi connectivity index (χ3v) is 2.38. The summed E-state index contributed by atoms with van der Waals surface area (Å²) >= 11 is 0. The van der Waals surface area contributed by atoms with Crippen LogP contribution in [0.25, 0.3) is 0 Å². The Labute approximate surface area is 110 Å². The molecule has 0 atom stereocenters. The van der Waals surface area contributed by atoms with Crippen LogP contribution in [0.15, 0.2) is 24.5 Å². The summed E-state index contributed by atoms with van der Waals surface area (Å²) in [5.41, 5.74) is 1.56. The summed E-state index contributed by atoms with van der Waals surface area (Å²) in [6.45, 7) is 2.21. The van der Waals surface area contributed by atoms with E-state index in [9.17, 15) is 4.79 Å². The largest absolute Gasteiger partial charge is 0.486 e. The molecule has 2 aromatic heterocycles. The van der Waals surface area contributed by atoms with Crippen LogP contribution in [0, 0.1) is 6.92 Å². The number of carbonyl (C=O) groups excluding carboxylic acids is 1. The third-order valence-electron chi connectivity index (χ3n) is 2.38. The van der Waals surface area contributed by atoms with Gasteiger partial charge in [0.05, 0.1) is 19.5 Å². The van der Waals surface area contributed by atoms with Gasteiger partial charge >= 0.3 is 5.97 Å². The first-order valence-corrected chi connectivity index (χ1v) is 5.68. The molecule has 2 rings (SSSR count). The molecule has 0 amide bonds. The van der Waals surface area contributed by atoms with Crippen molar-refractivity contribution in [1.82, 2.24) is 20.0 Å². The lowest BCUT2D eigenvalue weighted by atomic mass is 10.4. The van der Waals surface area contributed by atoms with Crippen molar-refractivity contribution < 1.29 is 14.3 Å². The van der Waals surface area contributed by atoms with Crippen LogP contribution in [-0.4, -0.2) is 33.1 Å². The zero-order valence-electron chi connectivity index (χ0n) is 10.7. The molecule has 0 saturated carbocycles. The van der Waals surface area contributed by atoms with Gasteiger partial charge in [0.1, 0.15) is 24.6 Å². The molecule has 0 aliphatic carbocycles. The zero-order valence-corrected chi connectivity index (χ0v) is 10.7. The number of nitrogens with zero attached hydrogens (tertiary/aromatic N) is 4. The molecule has 0 N–H and O–H groups in total. The van der Waals surface area contributed by atoms with Crippen LogP contribution in [0.4, 0.5) is 0 Å². The second-order valence-corrected chi connectivity index (χ2v) is 3.91. The van der Waals surface area contributed by atoms with Gasteiger partial charge in [0.15, 0.2) is 0 Å². The first-order chi connectivity index (χ1) is 9.17. The van der Waals surface area contributed by atoms with E-state index in [1.807, 2.05) is 19.1 Å². The van der Waals surface area contributed by atoms with Crippen LogP contribution in [-0.2, 0) is 22.7 Å². The smallest absolute Gasteiger partial charge is 0.327 e. The molecule has 0 aliphatic rings. The van der Waals surface area contributed by atoms with Crippen LogP contribution >= 0.6 is 0 Å². The van der Waals surface area contributed by atoms with E-state index in [0.717, 1.165) is 5.69 Å². The fourth-order valence-corrected chi connectivity index (χ4v) is 1.38. The van der Waals surface area contributed by atoms with Crippen molar-refractivity contribution in [3.63, 3.8) is 0 Å². The number of carbonyl (C=O) groups is 1. The van der Waals surface area contributed by atoms with Gasteiger partial charge in [0.2, 0.25) is 0 Å². The molecule has 0 unspecified atom stereocenters. The fraction of sp³-hybridized carbons (Fsp3) is 0.333. The Bertz CT molecular complexity index is 550. The molecule has 0 fully saturated rings. The van der Waals surface area contributed by atoms with Gasteiger partial charge in [-0.15, -0.1) is 5.10 Å². The van der Waals surface area contributed by atoms with Crippen LogP contribution in [0.1, 0.15) is 11.4 Å². The average molecular weight is 262 g/mol. The number of methoxy groups -OCH3 is 1. The first kappa shape index (κ1) is 13.0. The molecule has 0 bridgehead atoms. The van der Waals surface area contributed by atoms with Crippen LogP contribution in [0.2, 0.25) is 0 Å². The van der Waals surface area contributed by atoms with Gasteiger partial charge in [0, 0.05) is 5.69 Å². The lowest BCUT2D eigenvalue weighted by molar-refractivity contribution is -0.141. The first-order valence-electron chi connectivity index (χ1n) is 5.68. The Kier molecular flexibility index (Phi) is 4.07. The predicted molar refractivity (Wildman–Crippen MR) is 65.3 cm³/mol. The van der Waals surface area contributed by atoms with Crippen molar-refractivity contribution in [2.75, 3.05) is 7.11 Å². The van der Waals surface area contributed by atoms with Crippen molar-refractivity contribution in [3.05, 3.63) is 35.9 Å². The molecular formula is C12H14N4O3. The van der Waals surface area contributed by atoms with Gasteiger partial charge in [-0.05, 0) is 19.1 Å². The Balaban J connectivity index is 1.89. The Morgan fingerprint density at radius 3 is 2.95 bits per heavy atom. The molecule has 7 nitrogen and oxygen atoms in total. The number of aryl methyl sites for hydroxylation is 1. The summed E-state index contributed by atoms with van der Waals surface area (Å²) in [6.07, 6.45) is 3.28.